The lowest BCUT2D eigenvalue weighted by Crippen LogP contribution is -2.47. The van der Waals surface area contributed by atoms with E-state index in [2.05, 4.69) is 27.7 Å². The van der Waals surface area contributed by atoms with Crippen molar-refractivity contribution in [3.63, 3.8) is 0 Å². The first kappa shape index (κ1) is 15.5. The largest absolute Gasteiger partial charge is 0.469 e. The molecule has 0 unspecified atom stereocenters. The Morgan fingerprint density at radius 1 is 1.38 bits per heavy atom. The fraction of sp³-hybridized carbons (Fsp3) is 0.579. The summed E-state index contributed by atoms with van der Waals surface area (Å²) in [4.78, 5) is 15.1. The minimum atomic E-state index is 0.109. The molecule has 1 amide bonds. The van der Waals surface area contributed by atoms with Crippen LogP contribution in [0.1, 0.15) is 48.7 Å². The molecule has 128 valence electrons. The summed E-state index contributed by atoms with van der Waals surface area (Å²) in [5.41, 5.74) is 2.21. The first-order valence-electron chi connectivity index (χ1n) is 8.98. The number of hydrogen-bond donors (Lipinski definition) is 0. The zero-order valence-corrected chi connectivity index (χ0v) is 14.4. The summed E-state index contributed by atoms with van der Waals surface area (Å²) in [5.74, 6) is 1.66. The van der Waals surface area contributed by atoms with Gasteiger partial charge in [-0.15, -0.1) is 0 Å². The van der Waals surface area contributed by atoms with Gasteiger partial charge < -0.3 is 9.32 Å². The van der Waals surface area contributed by atoms with Gasteiger partial charge in [0.1, 0.15) is 5.76 Å². The Bertz CT molecular complexity index is 719. The normalized spacial score (nSPS) is 26.6. The summed E-state index contributed by atoms with van der Waals surface area (Å²) in [7, 11) is 0. The number of rotatable bonds is 4. The average molecular weight is 327 g/mol. The molecule has 1 aliphatic carbocycles. The molecule has 2 aliphatic rings. The van der Waals surface area contributed by atoms with Crippen LogP contribution in [0.4, 0.5) is 0 Å². The summed E-state index contributed by atoms with van der Waals surface area (Å²) in [5, 5.41) is 4.58. The quantitative estimate of drug-likeness (QED) is 0.866. The number of piperidine rings is 1. The molecule has 0 radical (unpaired) electrons. The molecule has 1 aliphatic heterocycles. The van der Waals surface area contributed by atoms with Gasteiger partial charge >= 0.3 is 0 Å². The maximum atomic E-state index is 13.0. The van der Waals surface area contributed by atoms with Crippen molar-refractivity contribution in [3.05, 3.63) is 41.6 Å². The van der Waals surface area contributed by atoms with Gasteiger partial charge in [0.25, 0.3) is 0 Å². The number of furan rings is 1. The van der Waals surface area contributed by atoms with E-state index in [0.29, 0.717) is 5.91 Å². The Morgan fingerprint density at radius 2 is 2.25 bits per heavy atom. The molecule has 1 saturated heterocycles. The maximum absolute atomic E-state index is 13.0. The molecular formula is C19H25N3O2. The van der Waals surface area contributed by atoms with Crippen LogP contribution in [0, 0.1) is 19.8 Å². The van der Waals surface area contributed by atoms with Gasteiger partial charge in [-0.25, -0.2) is 0 Å². The second kappa shape index (κ2) is 6.11. The van der Waals surface area contributed by atoms with E-state index >= 15 is 0 Å². The van der Waals surface area contributed by atoms with E-state index in [0.717, 1.165) is 43.8 Å². The number of amides is 1. The van der Waals surface area contributed by atoms with Gasteiger partial charge in [0.2, 0.25) is 5.91 Å². The van der Waals surface area contributed by atoms with E-state index in [1.807, 2.05) is 19.1 Å². The zero-order chi connectivity index (χ0) is 16.7. The lowest BCUT2D eigenvalue weighted by molar-refractivity contribution is -0.136. The molecule has 3 atom stereocenters. The number of aromatic nitrogens is 2. The van der Waals surface area contributed by atoms with E-state index in [4.69, 9.17) is 4.42 Å². The summed E-state index contributed by atoms with van der Waals surface area (Å²) >= 11 is 0. The fourth-order valence-corrected chi connectivity index (χ4v) is 4.04. The van der Waals surface area contributed by atoms with Gasteiger partial charge in [0.05, 0.1) is 24.5 Å². The predicted molar refractivity (Wildman–Crippen MR) is 90.6 cm³/mol. The van der Waals surface area contributed by atoms with Crippen LogP contribution < -0.4 is 0 Å². The lowest BCUT2D eigenvalue weighted by atomic mass is 10.0. The second-order valence-corrected chi connectivity index (χ2v) is 7.25. The third-order valence-electron chi connectivity index (χ3n) is 5.41. The predicted octanol–water partition coefficient (Wildman–Crippen LogP) is 3.28. The van der Waals surface area contributed by atoms with E-state index in [9.17, 15) is 4.79 Å². The molecule has 5 heteroatoms. The SMILES string of the molecule is Cc1cc(C)n(C[C@@H]2CCCCN2C(=O)[C@H]2C[C@H]2c2ccco2)n1. The van der Waals surface area contributed by atoms with Gasteiger partial charge in [-0.2, -0.15) is 5.10 Å². The van der Waals surface area contributed by atoms with E-state index in [-0.39, 0.29) is 17.9 Å². The first-order chi connectivity index (χ1) is 11.6. The number of aryl methyl sites for hydroxylation is 2. The summed E-state index contributed by atoms with van der Waals surface area (Å²) in [6.07, 6.45) is 6.00. The van der Waals surface area contributed by atoms with E-state index in [1.165, 1.54) is 12.1 Å². The van der Waals surface area contributed by atoms with Crippen LogP contribution in [0.15, 0.2) is 28.9 Å². The smallest absolute Gasteiger partial charge is 0.226 e. The fourth-order valence-electron chi connectivity index (χ4n) is 4.04. The van der Waals surface area contributed by atoms with Crippen molar-refractivity contribution in [1.82, 2.24) is 14.7 Å². The molecule has 3 heterocycles. The van der Waals surface area contributed by atoms with Gasteiger partial charge in [0.15, 0.2) is 0 Å². The number of likely N-dealkylation sites (tertiary alicyclic amines) is 1. The maximum Gasteiger partial charge on any atom is 0.226 e. The monoisotopic (exact) mass is 327 g/mol. The standard InChI is InChI=1S/C19H25N3O2/c1-13-10-14(2)22(20-13)12-15-6-3-4-8-21(15)19(23)17-11-16(17)18-7-5-9-24-18/h5,7,9-10,15-17H,3-4,6,8,11-12H2,1-2H3/t15-,16+,17-/m0/s1. The Balaban J connectivity index is 1.46. The molecule has 2 fully saturated rings. The van der Waals surface area contributed by atoms with Crippen LogP contribution in [-0.4, -0.2) is 33.2 Å². The first-order valence-corrected chi connectivity index (χ1v) is 8.98. The van der Waals surface area contributed by atoms with Crippen molar-refractivity contribution >= 4 is 5.91 Å². The van der Waals surface area contributed by atoms with Crippen molar-refractivity contribution < 1.29 is 9.21 Å². The summed E-state index contributed by atoms with van der Waals surface area (Å²) in [6.45, 7) is 5.79. The molecule has 24 heavy (non-hydrogen) atoms. The molecule has 0 aromatic carbocycles. The molecule has 0 spiro atoms. The highest BCUT2D eigenvalue weighted by atomic mass is 16.3. The second-order valence-electron chi connectivity index (χ2n) is 7.25. The van der Waals surface area contributed by atoms with E-state index in [1.54, 1.807) is 6.26 Å². The van der Waals surface area contributed by atoms with Gasteiger partial charge in [-0.05, 0) is 57.7 Å². The van der Waals surface area contributed by atoms with Crippen LogP contribution in [0.5, 0.6) is 0 Å². The van der Waals surface area contributed by atoms with Crippen LogP contribution in [0.25, 0.3) is 0 Å². The van der Waals surface area contributed by atoms with Crippen molar-refractivity contribution in [2.75, 3.05) is 6.54 Å². The highest BCUT2D eigenvalue weighted by molar-refractivity contribution is 5.83. The molecule has 1 saturated carbocycles. The molecule has 0 N–H and O–H groups in total. The van der Waals surface area contributed by atoms with Crippen molar-refractivity contribution in [2.45, 2.75) is 58.0 Å². The Hall–Kier alpha value is -2.04. The summed E-state index contributed by atoms with van der Waals surface area (Å²) < 4.78 is 7.54. The Morgan fingerprint density at radius 3 is 2.96 bits per heavy atom. The topological polar surface area (TPSA) is 51.3 Å². The number of carbonyl (C=O) groups excluding carboxylic acids is 1. The number of hydrogen-bond acceptors (Lipinski definition) is 3. The highest BCUT2D eigenvalue weighted by Gasteiger charge is 2.48. The van der Waals surface area contributed by atoms with E-state index < -0.39 is 0 Å². The van der Waals surface area contributed by atoms with Crippen LogP contribution in [-0.2, 0) is 11.3 Å². The lowest BCUT2D eigenvalue weighted by Gasteiger charge is -2.36. The number of nitrogens with zero attached hydrogens (tertiary/aromatic N) is 3. The zero-order valence-electron chi connectivity index (χ0n) is 14.4. The third-order valence-corrected chi connectivity index (χ3v) is 5.41. The van der Waals surface area contributed by atoms with Gasteiger partial charge in [-0.1, -0.05) is 0 Å². The molecule has 0 bridgehead atoms. The molecule has 2 aromatic rings. The Labute approximate surface area is 142 Å². The van der Waals surface area contributed by atoms with Crippen molar-refractivity contribution in [3.8, 4) is 0 Å². The van der Waals surface area contributed by atoms with Crippen LogP contribution >= 0.6 is 0 Å². The van der Waals surface area contributed by atoms with Crippen molar-refractivity contribution in [1.29, 1.82) is 0 Å². The van der Waals surface area contributed by atoms with Crippen LogP contribution in [0.3, 0.4) is 0 Å². The Kier molecular flexibility index (Phi) is 3.94. The molecule has 5 nitrogen and oxygen atoms in total. The minimum absolute atomic E-state index is 0.109. The minimum Gasteiger partial charge on any atom is -0.469 e. The molecular weight excluding hydrogens is 302 g/mol. The molecule has 2 aromatic heterocycles. The van der Waals surface area contributed by atoms with Crippen molar-refractivity contribution in [2.24, 2.45) is 5.92 Å². The van der Waals surface area contributed by atoms with Gasteiger partial charge in [-0.3, -0.25) is 9.48 Å². The van der Waals surface area contributed by atoms with Gasteiger partial charge in [0, 0.05) is 24.1 Å². The highest BCUT2D eigenvalue weighted by Crippen LogP contribution is 2.49. The third kappa shape index (κ3) is 2.87. The van der Waals surface area contributed by atoms with Crippen LogP contribution in [0.2, 0.25) is 0 Å². The average Bonchev–Trinajstić information content (AvgIpc) is 3.04. The summed E-state index contributed by atoms with van der Waals surface area (Å²) in [6, 6.07) is 6.26. The number of carbonyl (C=O) groups is 1. The molecule has 4 rings (SSSR count).